The predicted octanol–water partition coefficient (Wildman–Crippen LogP) is 2.20. The lowest BCUT2D eigenvalue weighted by atomic mass is 10.2. The summed E-state index contributed by atoms with van der Waals surface area (Å²) in [5.74, 6) is 0.143. The smallest absolute Gasteiger partial charge is 0.122 e. The van der Waals surface area contributed by atoms with Gasteiger partial charge in [0.25, 0.3) is 0 Å². The van der Waals surface area contributed by atoms with Crippen molar-refractivity contribution in [2.24, 2.45) is 11.5 Å². The Bertz CT molecular complexity index is 592. The lowest BCUT2D eigenvalue weighted by Gasteiger charge is -2.10. The first-order valence-corrected chi connectivity index (χ1v) is 6.93. The monoisotopic (exact) mass is 332 g/mol. The van der Waals surface area contributed by atoms with E-state index in [1.165, 1.54) is 0 Å². The number of nitrogen functional groups attached to an aromatic ring is 2. The van der Waals surface area contributed by atoms with E-state index in [4.69, 9.17) is 22.3 Å². The first kappa shape index (κ1) is 18.3. The van der Waals surface area contributed by atoms with Crippen LogP contribution in [0.2, 0.25) is 0 Å². The molecule has 23 heavy (non-hydrogen) atoms. The summed E-state index contributed by atoms with van der Waals surface area (Å²) in [6.45, 7) is 1.52. The molecule has 2 rings (SSSR count). The third kappa shape index (κ3) is 5.52. The van der Waals surface area contributed by atoms with Crippen molar-refractivity contribution in [3.8, 4) is 0 Å². The molecular formula is C16H21ClN6. The van der Waals surface area contributed by atoms with Crippen molar-refractivity contribution in [3.05, 3.63) is 59.7 Å². The van der Waals surface area contributed by atoms with Gasteiger partial charge in [0.1, 0.15) is 11.7 Å². The number of nitrogens with one attached hydrogen (secondary N) is 4. The van der Waals surface area contributed by atoms with Crippen LogP contribution in [-0.4, -0.2) is 24.8 Å². The van der Waals surface area contributed by atoms with Gasteiger partial charge in [0.15, 0.2) is 0 Å². The fourth-order valence-electron chi connectivity index (χ4n) is 1.95. The largest absolute Gasteiger partial charge is 0.384 e. The maximum atomic E-state index is 7.34. The molecule has 0 atom stereocenters. The molecule has 6 nitrogen and oxygen atoms in total. The number of amidine groups is 2. The normalized spacial score (nSPS) is 9.57. The molecule has 0 aliphatic heterocycles. The van der Waals surface area contributed by atoms with Gasteiger partial charge in [-0.05, 0) is 48.5 Å². The summed E-state index contributed by atoms with van der Waals surface area (Å²) in [7, 11) is 0. The maximum absolute atomic E-state index is 7.34. The quantitative estimate of drug-likeness (QED) is 0.264. The van der Waals surface area contributed by atoms with Crippen molar-refractivity contribution in [1.82, 2.24) is 0 Å². The Kier molecular flexibility index (Phi) is 6.89. The number of anilines is 2. The topological polar surface area (TPSA) is 124 Å². The van der Waals surface area contributed by atoms with Gasteiger partial charge in [0.2, 0.25) is 0 Å². The fourth-order valence-corrected chi connectivity index (χ4v) is 1.95. The molecule has 0 saturated carbocycles. The highest BCUT2D eigenvalue weighted by Crippen LogP contribution is 2.10. The van der Waals surface area contributed by atoms with Crippen LogP contribution in [0.4, 0.5) is 11.4 Å². The molecule has 7 heteroatoms. The highest BCUT2D eigenvalue weighted by atomic mass is 35.5. The van der Waals surface area contributed by atoms with Crippen LogP contribution < -0.4 is 22.1 Å². The molecule has 2 aromatic rings. The number of nitrogens with two attached hydrogens (primary N) is 2. The summed E-state index contributed by atoms with van der Waals surface area (Å²) < 4.78 is 0. The van der Waals surface area contributed by atoms with E-state index in [9.17, 15) is 0 Å². The molecule has 2 aromatic carbocycles. The second-order valence-electron chi connectivity index (χ2n) is 4.84. The van der Waals surface area contributed by atoms with Gasteiger partial charge in [-0.15, -0.1) is 12.4 Å². The fraction of sp³-hybridized carbons (Fsp3) is 0.125. The van der Waals surface area contributed by atoms with E-state index in [0.717, 1.165) is 24.5 Å². The van der Waals surface area contributed by atoms with Crippen LogP contribution >= 0.6 is 12.4 Å². The number of rotatable bonds is 7. The molecular weight excluding hydrogens is 312 g/mol. The van der Waals surface area contributed by atoms with Crippen LogP contribution in [0.15, 0.2) is 48.5 Å². The number of halogens is 1. The molecule has 0 aromatic heterocycles. The van der Waals surface area contributed by atoms with E-state index >= 15 is 0 Å². The maximum Gasteiger partial charge on any atom is 0.122 e. The van der Waals surface area contributed by atoms with Crippen LogP contribution in [0.3, 0.4) is 0 Å². The first-order valence-electron chi connectivity index (χ1n) is 6.93. The molecule has 122 valence electrons. The second kappa shape index (κ2) is 8.65. The van der Waals surface area contributed by atoms with E-state index in [1.54, 1.807) is 0 Å². The standard InChI is InChI=1S/C16H20N6.ClH/c17-15(18)11-1-5-13(6-2-11)21-9-10-22-14-7-3-12(4-8-14)16(19)20;/h1-8,21-22H,9-10H2,(H3,17,18)(H3,19,20);1H. The third-order valence-corrected chi connectivity index (χ3v) is 3.18. The molecule has 0 bridgehead atoms. The lowest BCUT2D eigenvalue weighted by molar-refractivity contribution is 1.08. The van der Waals surface area contributed by atoms with E-state index in [2.05, 4.69) is 10.6 Å². The minimum Gasteiger partial charge on any atom is -0.384 e. The second-order valence-corrected chi connectivity index (χ2v) is 4.84. The number of benzene rings is 2. The average Bonchev–Trinajstić information content (AvgIpc) is 2.52. The molecule has 0 aliphatic carbocycles. The van der Waals surface area contributed by atoms with Gasteiger partial charge in [-0.2, -0.15) is 0 Å². The summed E-state index contributed by atoms with van der Waals surface area (Å²) in [5, 5.41) is 21.2. The molecule has 0 aliphatic rings. The summed E-state index contributed by atoms with van der Waals surface area (Å²) in [6.07, 6.45) is 0. The van der Waals surface area contributed by atoms with Gasteiger partial charge < -0.3 is 22.1 Å². The molecule has 8 N–H and O–H groups in total. The summed E-state index contributed by atoms with van der Waals surface area (Å²) in [4.78, 5) is 0. The molecule has 0 spiro atoms. The van der Waals surface area contributed by atoms with Gasteiger partial charge in [-0.25, -0.2) is 0 Å². The van der Waals surface area contributed by atoms with Gasteiger partial charge in [-0.3, -0.25) is 10.8 Å². The van der Waals surface area contributed by atoms with Crippen LogP contribution in [0, 0.1) is 10.8 Å². The molecule has 0 radical (unpaired) electrons. The Labute approximate surface area is 141 Å². The highest BCUT2D eigenvalue weighted by molar-refractivity contribution is 5.95. The van der Waals surface area contributed by atoms with E-state index in [-0.39, 0.29) is 24.1 Å². The number of hydrogen-bond donors (Lipinski definition) is 6. The van der Waals surface area contributed by atoms with E-state index in [1.807, 2.05) is 48.5 Å². The van der Waals surface area contributed by atoms with Crippen molar-refractivity contribution < 1.29 is 0 Å². The van der Waals surface area contributed by atoms with E-state index in [0.29, 0.717) is 11.1 Å². The molecule has 0 unspecified atom stereocenters. The van der Waals surface area contributed by atoms with Crippen molar-refractivity contribution in [3.63, 3.8) is 0 Å². The Morgan fingerprint density at radius 1 is 0.696 bits per heavy atom. The van der Waals surface area contributed by atoms with Gasteiger partial charge in [0.05, 0.1) is 0 Å². The summed E-state index contributed by atoms with van der Waals surface area (Å²) >= 11 is 0. The SMILES string of the molecule is Cl.N=C(N)c1ccc(NCCNc2ccc(C(=N)N)cc2)cc1. The molecule has 0 heterocycles. The van der Waals surface area contributed by atoms with Gasteiger partial charge >= 0.3 is 0 Å². The first-order chi connectivity index (χ1) is 10.6. The van der Waals surface area contributed by atoms with Crippen LogP contribution in [0.5, 0.6) is 0 Å². The zero-order valence-electron chi connectivity index (χ0n) is 12.6. The van der Waals surface area contributed by atoms with Crippen LogP contribution in [0.1, 0.15) is 11.1 Å². The summed E-state index contributed by atoms with van der Waals surface area (Å²) in [6, 6.07) is 14.9. The minimum absolute atomic E-state index is 0. The predicted molar refractivity (Wildman–Crippen MR) is 99.1 cm³/mol. The van der Waals surface area contributed by atoms with Crippen molar-refractivity contribution in [2.75, 3.05) is 23.7 Å². The lowest BCUT2D eigenvalue weighted by Crippen LogP contribution is -2.15. The third-order valence-electron chi connectivity index (χ3n) is 3.18. The van der Waals surface area contributed by atoms with Crippen molar-refractivity contribution in [2.45, 2.75) is 0 Å². The average molecular weight is 333 g/mol. The summed E-state index contributed by atoms with van der Waals surface area (Å²) in [5.41, 5.74) is 14.2. The van der Waals surface area contributed by atoms with Gasteiger partial charge in [-0.1, -0.05) is 0 Å². The Hall–Kier alpha value is -2.73. The van der Waals surface area contributed by atoms with Crippen LogP contribution in [-0.2, 0) is 0 Å². The van der Waals surface area contributed by atoms with Crippen molar-refractivity contribution in [1.29, 1.82) is 10.8 Å². The molecule has 0 amide bonds. The van der Waals surface area contributed by atoms with Crippen molar-refractivity contribution >= 4 is 35.5 Å². The Morgan fingerprint density at radius 2 is 1.00 bits per heavy atom. The van der Waals surface area contributed by atoms with E-state index < -0.39 is 0 Å². The Morgan fingerprint density at radius 3 is 1.26 bits per heavy atom. The molecule has 0 saturated heterocycles. The minimum atomic E-state index is 0. The van der Waals surface area contributed by atoms with Gasteiger partial charge in [0, 0.05) is 35.6 Å². The zero-order valence-corrected chi connectivity index (χ0v) is 13.4. The highest BCUT2D eigenvalue weighted by Gasteiger charge is 1.98. The molecule has 0 fully saturated rings. The number of hydrogen-bond acceptors (Lipinski definition) is 4. The zero-order chi connectivity index (χ0) is 15.9. The Balaban J connectivity index is 0.00000264. The van der Waals surface area contributed by atoms with Crippen LogP contribution in [0.25, 0.3) is 0 Å².